The summed E-state index contributed by atoms with van der Waals surface area (Å²) in [5.74, 6) is -3.74. The molecule has 3 atom stereocenters. The third-order valence-corrected chi connectivity index (χ3v) is 4.67. The molecule has 0 radical (unpaired) electrons. The highest BCUT2D eigenvalue weighted by molar-refractivity contribution is 6.00. The van der Waals surface area contributed by atoms with Crippen molar-refractivity contribution in [1.82, 2.24) is 10.6 Å². The molecule has 0 aliphatic carbocycles. The number of alkyl halides is 3. The Kier molecular flexibility index (Phi) is 5.22. The van der Waals surface area contributed by atoms with Gasteiger partial charge in [0.1, 0.15) is 17.5 Å². The number of methoxy groups -OCH3 is 1. The van der Waals surface area contributed by atoms with Crippen LogP contribution in [0.1, 0.15) is 22.0 Å². The number of ether oxygens (including phenoxy) is 1. The summed E-state index contributed by atoms with van der Waals surface area (Å²) < 4.78 is 59.6. The first-order valence-corrected chi connectivity index (χ1v) is 8.38. The Morgan fingerprint density at radius 3 is 2.41 bits per heavy atom. The van der Waals surface area contributed by atoms with Gasteiger partial charge in [-0.2, -0.15) is 13.2 Å². The van der Waals surface area contributed by atoms with Crippen LogP contribution in [0.5, 0.6) is 5.75 Å². The number of hydrogen-bond acceptors (Lipinski definition) is 4. The van der Waals surface area contributed by atoms with E-state index in [1.165, 1.54) is 36.7 Å². The molecule has 29 heavy (non-hydrogen) atoms. The van der Waals surface area contributed by atoms with Crippen LogP contribution in [0.2, 0.25) is 0 Å². The van der Waals surface area contributed by atoms with Crippen molar-refractivity contribution in [3.05, 3.63) is 65.5 Å². The monoisotopic (exact) mass is 412 g/mol. The van der Waals surface area contributed by atoms with Gasteiger partial charge in [-0.1, -0.05) is 12.1 Å². The van der Waals surface area contributed by atoms with Crippen LogP contribution >= 0.6 is 0 Å². The number of carbonyl (C=O) groups excluding carboxylic acids is 2. The van der Waals surface area contributed by atoms with Crippen molar-refractivity contribution in [2.45, 2.75) is 17.9 Å². The topological polar surface area (TPSA) is 87.7 Å². The number of urea groups is 1. The van der Waals surface area contributed by atoms with Crippen molar-refractivity contribution in [2.24, 2.45) is 5.92 Å². The summed E-state index contributed by atoms with van der Waals surface area (Å²) in [7, 11) is 1.34. The van der Waals surface area contributed by atoms with Gasteiger partial charge in [-0.05, 0) is 42.0 Å². The predicted molar refractivity (Wildman–Crippen MR) is 92.6 cm³/mol. The molecule has 3 N–H and O–H groups in total. The zero-order valence-corrected chi connectivity index (χ0v) is 15.0. The molecule has 1 fully saturated rings. The van der Waals surface area contributed by atoms with Gasteiger partial charge in [-0.15, -0.1) is 0 Å². The summed E-state index contributed by atoms with van der Waals surface area (Å²) in [6.07, 6.45) is -5.37. The summed E-state index contributed by atoms with van der Waals surface area (Å²) in [5.41, 5.74) is -4.00. The van der Waals surface area contributed by atoms with E-state index >= 15 is 0 Å². The lowest BCUT2D eigenvalue weighted by atomic mass is 9.77. The van der Waals surface area contributed by atoms with Gasteiger partial charge in [0.05, 0.1) is 13.2 Å². The first-order chi connectivity index (χ1) is 13.6. The Balaban J connectivity index is 2.16. The van der Waals surface area contributed by atoms with E-state index in [0.717, 1.165) is 24.3 Å². The quantitative estimate of drug-likeness (QED) is 0.532. The summed E-state index contributed by atoms with van der Waals surface area (Å²) >= 11 is 0. The SMILES string of the molecule is COc1cccc([C@@H]2NC(=O)N[C@@](O)(C(F)(F)F)[C@H]2C(=O)c2ccc(F)cc2)c1. The molecule has 10 heteroatoms. The molecule has 0 aromatic heterocycles. The van der Waals surface area contributed by atoms with Gasteiger partial charge in [0.2, 0.25) is 5.72 Å². The highest BCUT2D eigenvalue weighted by Gasteiger charge is 2.66. The van der Waals surface area contributed by atoms with Gasteiger partial charge >= 0.3 is 12.2 Å². The lowest BCUT2D eigenvalue weighted by molar-refractivity contribution is -0.287. The van der Waals surface area contributed by atoms with E-state index in [1.807, 2.05) is 0 Å². The molecule has 2 aromatic carbocycles. The van der Waals surface area contributed by atoms with E-state index in [2.05, 4.69) is 5.32 Å². The highest BCUT2D eigenvalue weighted by Crippen LogP contribution is 2.44. The minimum atomic E-state index is -5.37. The van der Waals surface area contributed by atoms with Crippen molar-refractivity contribution in [1.29, 1.82) is 0 Å². The Hall–Kier alpha value is -3.14. The van der Waals surface area contributed by atoms with Crippen LogP contribution in [0.3, 0.4) is 0 Å². The van der Waals surface area contributed by atoms with Crippen LogP contribution in [0.4, 0.5) is 22.4 Å². The van der Waals surface area contributed by atoms with Crippen molar-refractivity contribution < 1.29 is 37.0 Å². The molecule has 1 saturated heterocycles. The molecule has 1 aliphatic rings. The maximum absolute atomic E-state index is 13.8. The molecule has 0 unspecified atom stereocenters. The number of ketones is 1. The van der Waals surface area contributed by atoms with Gasteiger partial charge < -0.3 is 20.5 Å². The summed E-state index contributed by atoms with van der Waals surface area (Å²) in [5, 5.41) is 14.1. The van der Waals surface area contributed by atoms with Gasteiger partial charge in [0, 0.05) is 5.56 Å². The first-order valence-electron chi connectivity index (χ1n) is 8.38. The minimum Gasteiger partial charge on any atom is -0.497 e. The average molecular weight is 412 g/mol. The second-order valence-corrected chi connectivity index (χ2v) is 6.47. The molecule has 0 saturated carbocycles. The Morgan fingerprint density at radius 2 is 1.83 bits per heavy atom. The lowest BCUT2D eigenvalue weighted by Gasteiger charge is -2.45. The largest absolute Gasteiger partial charge is 0.497 e. The van der Waals surface area contributed by atoms with Gasteiger partial charge in [0.15, 0.2) is 5.78 Å². The summed E-state index contributed by atoms with van der Waals surface area (Å²) in [6.45, 7) is 0. The van der Waals surface area contributed by atoms with E-state index in [1.54, 1.807) is 0 Å². The summed E-state index contributed by atoms with van der Waals surface area (Å²) in [6, 6.07) is 6.72. The zero-order chi connectivity index (χ0) is 21.4. The number of halogens is 4. The van der Waals surface area contributed by atoms with Crippen molar-refractivity contribution in [3.63, 3.8) is 0 Å². The number of carbonyl (C=O) groups is 2. The molecule has 0 bridgehead atoms. The fraction of sp³-hybridized carbons (Fsp3) is 0.263. The molecule has 6 nitrogen and oxygen atoms in total. The summed E-state index contributed by atoms with van der Waals surface area (Å²) in [4.78, 5) is 25.0. The second kappa shape index (κ2) is 7.36. The molecular weight excluding hydrogens is 396 g/mol. The normalized spacial score (nSPS) is 24.4. The third kappa shape index (κ3) is 3.75. The molecule has 1 heterocycles. The second-order valence-electron chi connectivity index (χ2n) is 6.47. The van der Waals surface area contributed by atoms with E-state index in [9.17, 15) is 32.3 Å². The molecule has 154 valence electrons. The predicted octanol–water partition coefficient (Wildman–Crippen LogP) is 2.94. The Bertz CT molecular complexity index is 933. The maximum atomic E-state index is 13.8. The van der Waals surface area contributed by atoms with Crippen molar-refractivity contribution >= 4 is 11.8 Å². The molecule has 2 amide bonds. The van der Waals surface area contributed by atoms with Gasteiger partial charge in [0.25, 0.3) is 0 Å². The lowest BCUT2D eigenvalue weighted by Crippen LogP contribution is -2.72. The average Bonchev–Trinajstić information content (AvgIpc) is 2.66. The smallest absolute Gasteiger partial charge is 0.437 e. The minimum absolute atomic E-state index is 0.113. The number of benzene rings is 2. The van der Waals surface area contributed by atoms with E-state index in [-0.39, 0.29) is 16.9 Å². The van der Waals surface area contributed by atoms with Crippen LogP contribution in [0.25, 0.3) is 0 Å². The number of rotatable bonds is 4. The fourth-order valence-electron chi connectivity index (χ4n) is 3.25. The number of amides is 2. The van der Waals surface area contributed by atoms with Crippen LogP contribution in [-0.4, -0.2) is 35.9 Å². The standard InChI is InChI=1S/C19H16F4N2O4/c1-29-13-4-2-3-11(9-13)15-14(16(26)10-5-7-12(20)8-6-10)18(28,19(21,22)23)25-17(27)24-15/h2-9,14-15,28H,1H3,(H2,24,25,27)/t14-,15+,18+/m1/s1. The fourth-order valence-corrected chi connectivity index (χ4v) is 3.25. The van der Waals surface area contributed by atoms with Crippen LogP contribution in [0, 0.1) is 11.7 Å². The first kappa shape index (κ1) is 20.6. The number of nitrogens with one attached hydrogen (secondary N) is 2. The van der Waals surface area contributed by atoms with E-state index < -0.39 is 41.5 Å². The van der Waals surface area contributed by atoms with Gasteiger partial charge in [-0.3, -0.25) is 4.79 Å². The number of Topliss-reactive ketones (excluding diaryl/α,β-unsaturated/α-hetero) is 1. The molecule has 2 aromatic rings. The molecule has 3 rings (SSSR count). The molecular formula is C19H16F4N2O4. The Labute approximate surface area is 162 Å². The number of aliphatic hydroxyl groups is 1. The van der Waals surface area contributed by atoms with E-state index in [0.29, 0.717) is 0 Å². The van der Waals surface area contributed by atoms with Gasteiger partial charge in [-0.25, -0.2) is 9.18 Å². The third-order valence-electron chi connectivity index (χ3n) is 4.67. The maximum Gasteiger partial charge on any atom is 0.437 e. The van der Waals surface area contributed by atoms with E-state index in [4.69, 9.17) is 4.74 Å². The molecule has 1 aliphatic heterocycles. The van der Waals surface area contributed by atoms with Crippen molar-refractivity contribution in [2.75, 3.05) is 7.11 Å². The highest BCUT2D eigenvalue weighted by atomic mass is 19.4. The number of hydrogen-bond donors (Lipinski definition) is 3. The zero-order valence-electron chi connectivity index (χ0n) is 15.0. The van der Waals surface area contributed by atoms with Crippen LogP contribution < -0.4 is 15.4 Å². The van der Waals surface area contributed by atoms with Crippen LogP contribution in [0.15, 0.2) is 48.5 Å². The van der Waals surface area contributed by atoms with Crippen LogP contribution in [-0.2, 0) is 0 Å². The molecule has 0 spiro atoms. The Morgan fingerprint density at radius 1 is 1.17 bits per heavy atom. The van der Waals surface area contributed by atoms with Crippen molar-refractivity contribution in [3.8, 4) is 5.75 Å².